The molecule has 0 heterocycles. The van der Waals surface area contributed by atoms with Crippen molar-refractivity contribution in [3.63, 3.8) is 0 Å². The van der Waals surface area contributed by atoms with E-state index in [1.807, 2.05) is 18.7 Å². The number of hydrogen-bond acceptors (Lipinski definition) is 13. The number of amides is 5. The molecule has 5 amide bonds. The summed E-state index contributed by atoms with van der Waals surface area (Å²) in [6.07, 6.45) is 117. The fourth-order valence-corrected chi connectivity index (χ4v) is 21.3. The average Bonchev–Trinajstić information content (AvgIpc) is 0.917. The summed E-state index contributed by atoms with van der Waals surface area (Å²) in [5, 5.41) is 42.1. The fraction of sp³-hybridized carbons (Fsp3) is 0.962. The third-order valence-electron chi connectivity index (χ3n) is 31.0. The molecule has 0 fully saturated rings. The van der Waals surface area contributed by atoms with Gasteiger partial charge in [-0.1, -0.05) is 583 Å². The average molecular weight is 2120 g/mol. The van der Waals surface area contributed by atoms with Gasteiger partial charge in [0.25, 0.3) is 0 Å². The molecule has 896 valence electrons. The molecule has 0 saturated carbocycles. The number of nitrogens with zero attached hydrogens (tertiary/aromatic N) is 5. The van der Waals surface area contributed by atoms with Crippen LogP contribution in [0.25, 0.3) is 0 Å². The molecular formula is C132H271N11O7. The zero-order chi connectivity index (χ0) is 110. The second-order valence-corrected chi connectivity index (χ2v) is 46.4. The molecule has 0 radical (unpaired) electrons. The smallest absolute Gasteiger partial charge is 0.234 e. The van der Waals surface area contributed by atoms with Crippen molar-refractivity contribution < 1.29 is 34.2 Å². The van der Waals surface area contributed by atoms with E-state index >= 15 is 0 Å². The minimum Gasteiger partial charge on any atom is -0.390 e. The van der Waals surface area contributed by atoms with E-state index in [-0.39, 0.29) is 55.7 Å². The van der Waals surface area contributed by atoms with Crippen molar-refractivity contribution in [3.8, 4) is 0 Å². The maximum absolute atomic E-state index is 13.4. The van der Waals surface area contributed by atoms with Crippen molar-refractivity contribution in [3.05, 3.63) is 0 Å². The molecule has 2 atom stereocenters. The zero-order valence-corrected chi connectivity index (χ0v) is 103. The molecule has 0 aliphatic rings. The van der Waals surface area contributed by atoms with Crippen LogP contribution in [0.2, 0.25) is 0 Å². The van der Waals surface area contributed by atoms with Gasteiger partial charge in [0.1, 0.15) is 0 Å². The number of unbranched alkanes of at least 4 members (excludes halogenated alkanes) is 81. The van der Waals surface area contributed by atoms with Crippen molar-refractivity contribution in [2.75, 3.05) is 144 Å². The van der Waals surface area contributed by atoms with Crippen molar-refractivity contribution in [2.45, 2.75) is 679 Å². The van der Waals surface area contributed by atoms with Crippen LogP contribution in [-0.4, -0.2) is 220 Å². The summed E-state index contributed by atoms with van der Waals surface area (Å²) in [4.78, 5) is 77.5. The number of rotatable bonds is 125. The molecule has 0 spiro atoms. The van der Waals surface area contributed by atoms with Gasteiger partial charge in [-0.15, -0.1) is 0 Å². The van der Waals surface area contributed by atoms with Crippen LogP contribution in [0, 0.1) is 0 Å². The molecule has 8 N–H and O–H groups in total. The van der Waals surface area contributed by atoms with E-state index in [4.69, 9.17) is 0 Å². The lowest BCUT2D eigenvalue weighted by Crippen LogP contribution is -2.48. The maximum Gasteiger partial charge on any atom is 0.234 e. The highest BCUT2D eigenvalue weighted by atomic mass is 16.3. The standard InChI is InChI=1S/C71H144N6O4.C59H121N5O3.C2H6/c1-6-11-16-21-26-31-33-35-37-42-47-52-59-75(61-54-55-62-76(60-53-48-43-38-36-34-32-27-22-17-12-7-2)65-69(79)72-56-49-44-39-28-23-18-13-8-3)63-68(78)64-77(66-70(80)73-57-50-45-40-29-24-19-14-9-4)67-71(81)74-58-51-46-41-30-25-20-15-10-5;1-5-9-13-17-21-25-27-29-31-35-39-43-49-63(55-57(65)53-60-54-58(66)61-47-41-37-33-23-19-15-11-7-3)51-45-46-52-64(50-44-40-36-32-30-28-26-22-18-14-10-6-2)56-59(67)62-48-42-38-34-24-20-16-12-8-4;1-2/h68,78H,6-67H2,1-5H3,(H,72,79)(H,73,80)(H,74,81);57,60,65H,5-56H2,1-4H3,(H,61,66)(H,62,67);1-2H3. The number of hydrogen-bond donors (Lipinski definition) is 8. The van der Waals surface area contributed by atoms with Gasteiger partial charge in [0, 0.05) is 58.9 Å². The predicted octanol–water partition coefficient (Wildman–Crippen LogP) is 34.5. The van der Waals surface area contributed by atoms with E-state index in [1.165, 1.54) is 507 Å². The van der Waals surface area contributed by atoms with Crippen LogP contribution < -0.4 is 31.9 Å². The molecule has 0 saturated heterocycles. The summed E-state index contributed by atoms with van der Waals surface area (Å²) < 4.78 is 0. The molecule has 0 rings (SSSR count). The van der Waals surface area contributed by atoms with Crippen LogP contribution in [0.4, 0.5) is 0 Å². The topological polar surface area (TPSA) is 214 Å². The minimum atomic E-state index is -0.685. The third kappa shape index (κ3) is 124. The van der Waals surface area contributed by atoms with Gasteiger partial charge < -0.3 is 51.9 Å². The predicted molar refractivity (Wildman–Crippen MR) is 659 cm³/mol. The lowest BCUT2D eigenvalue weighted by Gasteiger charge is -2.29. The quantitative estimate of drug-likeness (QED) is 0.0267. The summed E-state index contributed by atoms with van der Waals surface area (Å²) in [6, 6.07) is 0. The second kappa shape index (κ2) is 131. The van der Waals surface area contributed by atoms with E-state index in [1.54, 1.807) is 0 Å². The number of nitrogens with one attached hydrogen (secondary N) is 6. The Morgan fingerprint density at radius 2 is 0.300 bits per heavy atom. The Hall–Kier alpha value is -2.97. The molecular weight excluding hydrogens is 1850 g/mol. The zero-order valence-electron chi connectivity index (χ0n) is 103. The first-order valence-electron chi connectivity index (χ1n) is 67.8. The normalized spacial score (nSPS) is 12.0. The van der Waals surface area contributed by atoms with Crippen molar-refractivity contribution in [2.24, 2.45) is 0 Å². The largest absolute Gasteiger partial charge is 0.390 e. The maximum atomic E-state index is 13.4. The minimum absolute atomic E-state index is 0.0263. The lowest BCUT2D eigenvalue weighted by atomic mass is 10.1. The van der Waals surface area contributed by atoms with Crippen molar-refractivity contribution >= 4 is 29.5 Å². The van der Waals surface area contributed by atoms with E-state index in [0.29, 0.717) is 45.8 Å². The summed E-state index contributed by atoms with van der Waals surface area (Å²) in [7, 11) is 0. The summed E-state index contributed by atoms with van der Waals surface area (Å²) in [5.41, 5.74) is 0. The van der Waals surface area contributed by atoms with Gasteiger partial charge in [0.2, 0.25) is 29.5 Å². The highest BCUT2D eigenvalue weighted by Crippen LogP contribution is 2.22. The molecule has 0 aromatic rings. The lowest BCUT2D eigenvalue weighted by molar-refractivity contribution is -0.126. The molecule has 2 unspecified atom stereocenters. The Morgan fingerprint density at radius 3 is 0.487 bits per heavy atom. The fourth-order valence-electron chi connectivity index (χ4n) is 21.3. The highest BCUT2D eigenvalue weighted by Gasteiger charge is 2.23. The summed E-state index contributed by atoms with van der Waals surface area (Å²) in [6.45, 7) is 39.1. The van der Waals surface area contributed by atoms with Crippen molar-refractivity contribution in [1.29, 1.82) is 0 Å². The van der Waals surface area contributed by atoms with Gasteiger partial charge >= 0.3 is 0 Å². The Kier molecular flexibility index (Phi) is 132. The van der Waals surface area contributed by atoms with E-state index in [0.717, 1.165) is 155 Å². The molecule has 150 heavy (non-hydrogen) atoms. The Bertz CT molecular complexity index is 2580. The number of aliphatic hydroxyl groups is 2. The van der Waals surface area contributed by atoms with E-state index in [9.17, 15) is 34.2 Å². The summed E-state index contributed by atoms with van der Waals surface area (Å²) >= 11 is 0. The number of carbonyl (C=O) groups excluding carboxylic acids is 5. The molecule has 0 bridgehead atoms. The van der Waals surface area contributed by atoms with E-state index in [2.05, 4.69) is 114 Å². The Morgan fingerprint density at radius 1 is 0.167 bits per heavy atom. The molecule has 0 aromatic carbocycles. The van der Waals surface area contributed by atoms with Crippen molar-refractivity contribution in [1.82, 2.24) is 56.4 Å². The first kappa shape index (κ1) is 151. The van der Waals surface area contributed by atoms with Gasteiger partial charge in [-0.05, 0) is 136 Å². The molecule has 0 aliphatic carbocycles. The molecule has 0 aliphatic heterocycles. The second-order valence-electron chi connectivity index (χ2n) is 46.4. The number of aliphatic hydroxyl groups excluding tert-OH is 2. The van der Waals surface area contributed by atoms with Gasteiger partial charge in [-0.25, -0.2) is 0 Å². The van der Waals surface area contributed by atoms with Gasteiger partial charge in [-0.3, -0.25) is 38.7 Å². The van der Waals surface area contributed by atoms with Crippen LogP contribution >= 0.6 is 0 Å². The highest BCUT2D eigenvalue weighted by molar-refractivity contribution is 5.81. The first-order valence-corrected chi connectivity index (χ1v) is 67.8. The van der Waals surface area contributed by atoms with Crippen LogP contribution in [0.3, 0.4) is 0 Å². The Labute approximate surface area is 937 Å². The first-order chi connectivity index (χ1) is 73.7. The van der Waals surface area contributed by atoms with Crippen LogP contribution in [0.15, 0.2) is 0 Å². The third-order valence-corrected chi connectivity index (χ3v) is 31.0. The van der Waals surface area contributed by atoms with E-state index < -0.39 is 12.2 Å². The van der Waals surface area contributed by atoms with Gasteiger partial charge in [-0.2, -0.15) is 0 Å². The monoisotopic (exact) mass is 2120 g/mol. The number of carbonyl (C=O) groups is 5. The van der Waals surface area contributed by atoms with Gasteiger partial charge in [0.15, 0.2) is 0 Å². The molecule has 18 heteroatoms. The molecule has 0 aromatic heterocycles. The summed E-state index contributed by atoms with van der Waals surface area (Å²) in [5.74, 6) is 0.252. The van der Waals surface area contributed by atoms with Crippen LogP contribution in [0.5, 0.6) is 0 Å². The Balaban J connectivity index is -0.00000288. The van der Waals surface area contributed by atoms with Crippen LogP contribution in [-0.2, 0) is 24.0 Å². The SMILES string of the molecule is CC.CCCCCCCCCCCCCCN(CCCCN(CCCCCCCCCCCCCC)CC(O)CN(CC(=O)NCCCCCCCCCC)CC(=O)NCCCCCCCCCC)CC(=O)NCCCCCCCCCC.CCCCCCCCCCCCCCN(CCCCN(CCCCCCCCCCCCCC)CC(O)CNCC(=O)NCCCCCCCCCC)CC(=O)NCCCCCCCCCC. The van der Waals surface area contributed by atoms with Gasteiger partial charge in [0.05, 0.1) is 44.9 Å². The molecule has 18 nitrogen and oxygen atoms in total. The van der Waals surface area contributed by atoms with Crippen LogP contribution in [0.1, 0.15) is 667 Å².